The first-order chi connectivity index (χ1) is 10.0. The van der Waals surface area contributed by atoms with Crippen LogP contribution in [0.2, 0.25) is 0 Å². The largest absolute Gasteiger partial charge is 0.500 e. The van der Waals surface area contributed by atoms with Gasteiger partial charge >= 0.3 is 0 Å². The number of hydrogen-bond donors (Lipinski definition) is 1. The van der Waals surface area contributed by atoms with E-state index in [1.54, 1.807) is 0 Å². The molecule has 0 radical (unpaired) electrons. The number of nitro groups is 1. The van der Waals surface area contributed by atoms with E-state index < -0.39 is 16.2 Å². The third kappa shape index (κ3) is 2.54. The van der Waals surface area contributed by atoms with Crippen LogP contribution in [0.4, 0.5) is 5.69 Å². The van der Waals surface area contributed by atoms with Gasteiger partial charge in [-0.25, -0.2) is 0 Å². The fraction of sp³-hybridized carbons (Fsp3) is 0.357. The Morgan fingerprint density at radius 3 is 2.71 bits per heavy atom. The maximum atomic E-state index is 12.2. The molecule has 2 aromatic rings. The minimum absolute atomic E-state index is 0.0395. The molecule has 112 valence electrons. The van der Waals surface area contributed by atoms with Crippen molar-refractivity contribution in [2.75, 3.05) is 7.11 Å². The lowest BCUT2D eigenvalue weighted by molar-refractivity contribution is -0.384. The first-order valence-corrected chi connectivity index (χ1v) is 6.59. The SMILES string of the molecule is CCCCn1c(=O)c(O)c(OC)c2ccc([N+](=O)[O-])cc21. The molecule has 7 nitrogen and oxygen atoms in total. The van der Waals surface area contributed by atoms with Crippen LogP contribution in [0, 0.1) is 10.1 Å². The van der Waals surface area contributed by atoms with Crippen LogP contribution in [-0.2, 0) is 6.54 Å². The van der Waals surface area contributed by atoms with Crippen molar-refractivity contribution in [1.29, 1.82) is 0 Å². The number of pyridine rings is 1. The van der Waals surface area contributed by atoms with E-state index in [2.05, 4.69) is 0 Å². The second-order valence-corrected chi connectivity index (χ2v) is 4.65. The molecule has 0 unspecified atom stereocenters. The predicted molar refractivity (Wildman–Crippen MR) is 78.0 cm³/mol. The van der Waals surface area contributed by atoms with Gasteiger partial charge in [-0.05, 0) is 12.5 Å². The Morgan fingerprint density at radius 1 is 1.43 bits per heavy atom. The van der Waals surface area contributed by atoms with Gasteiger partial charge in [-0.3, -0.25) is 14.9 Å². The van der Waals surface area contributed by atoms with Crippen molar-refractivity contribution in [3.8, 4) is 11.5 Å². The average molecular weight is 292 g/mol. The molecule has 0 saturated heterocycles. The molecule has 1 N–H and O–H groups in total. The van der Waals surface area contributed by atoms with Gasteiger partial charge in [0.2, 0.25) is 5.75 Å². The lowest BCUT2D eigenvalue weighted by Gasteiger charge is -2.14. The van der Waals surface area contributed by atoms with Crippen molar-refractivity contribution in [3.63, 3.8) is 0 Å². The van der Waals surface area contributed by atoms with Gasteiger partial charge in [-0.15, -0.1) is 0 Å². The van der Waals surface area contributed by atoms with Gasteiger partial charge in [-0.2, -0.15) is 0 Å². The van der Waals surface area contributed by atoms with E-state index in [1.165, 1.54) is 29.9 Å². The first kappa shape index (κ1) is 14.8. The Balaban J connectivity index is 2.84. The molecule has 0 saturated carbocycles. The molecule has 0 aliphatic heterocycles. The number of aromatic hydroxyl groups is 1. The number of nitro benzene ring substituents is 1. The van der Waals surface area contributed by atoms with Crippen LogP contribution in [0.15, 0.2) is 23.0 Å². The van der Waals surface area contributed by atoms with Crippen LogP contribution in [0.25, 0.3) is 10.9 Å². The van der Waals surface area contributed by atoms with Crippen molar-refractivity contribution in [3.05, 3.63) is 38.7 Å². The fourth-order valence-electron chi connectivity index (χ4n) is 2.26. The molecular weight excluding hydrogens is 276 g/mol. The van der Waals surface area contributed by atoms with E-state index in [-0.39, 0.29) is 11.4 Å². The normalized spacial score (nSPS) is 10.8. The number of rotatable bonds is 5. The summed E-state index contributed by atoms with van der Waals surface area (Å²) >= 11 is 0. The fourth-order valence-corrected chi connectivity index (χ4v) is 2.26. The van der Waals surface area contributed by atoms with E-state index >= 15 is 0 Å². The van der Waals surface area contributed by atoms with Crippen molar-refractivity contribution in [1.82, 2.24) is 4.57 Å². The highest BCUT2D eigenvalue weighted by Crippen LogP contribution is 2.33. The molecule has 1 aromatic heterocycles. The molecule has 0 atom stereocenters. The van der Waals surface area contributed by atoms with Crippen LogP contribution in [0.1, 0.15) is 19.8 Å². The summed E-state index contributed by atoms with van der Waals surface area (Å²) in [4.78, 5) is 22.6. The highest BCUT2D eigenvalue weighted by molar-refractivity contribution is 5.89. The first-order valence-electron chi connectivity index (χ1n) is 6.59. The molecule has 0 fully saturated rings. The average Bonchev–Trinajstić information content (AvgIpc) is 2.47. The van der Waals surface area contributed by atoms with Gasteiger partial charge in [-0.1, -0.05) is 13.3 Å². The van der Waals surface area contributed by atoms with Crippen LogP contribution in [0.3, 0.4) is 0 Å². The van der Waals surface area contributed by atoms with E-state index in [1.807, 2.05) is 6.92 Å². The van der Waals surface area contributed by atoms with E-state index in [4.69, 9.17) is 4.74 Å². The molecule has 0 aliphatic rings. The standard InChI is InChI=1S/C14H16N2O5/c1-3-4-7-15-11-8-9(16(19)20)5-6-10(11)13(21-2)12(17)14(15)18/h5-6,8,17H,3-4,7H2,1-2H3. The number of nitrogens with zero attached hydrogens (tertiary/aromatic N) is 2. The molecule has 1 heterocycles. The molecule has 0 spiro atoms. The van der Waals surface area contributed by atoms with Crippen molar-refractivity contribution >= 4 is 16.6 Å². The maximum Gasteiger partial charge on any atom is 0.297 e. The van der Waals surface area contributed by atoms with Gasteiger partial charge < -0.3 is 14.4 Å². The maximum absolute atomic E-state index is 12.2. The van der Waals surface area contributed by atoms with Crippen LogP contribution in [0.5, 0.6) is 11.5 Å². The summed E-state index contributed by atoms with van der Waals surface area (Å²) in [6, 6.07) is 4.13. The summed E-state index contributed by atoms with van der Waals surface area (Å²) in [6.07, 6.45) is 1.58. The zero-order chi connectivity index (χ0) is 15.6. The summed E-state index contributed by atoms with van der Waals surface area (Å²) in [6.45, 7) is 2.35. The minimum atomic E-state index is -0.603. The van der Waals surface area contributed by atoms with Crippen LogP contribution in [-0.4, -0.2) is 21.7 Å². The third-order valence-electron chi connectivity index (χ3n) is 3.33. The number of non-ortho nitro benzene ring substituents is 1. The zero-order valence-electron chi connectivity index (χ0n) is 11.8. The van der Waals surface area contributed by atoms with Crippen LogP contribution >= 0.6 is 0 Å². The molecule has 2 rings (SSSR count). The van der Waals surface area contributed by atoms with Crippen molar-refractivity contribution in [2.45, 2.75) is 26.3 Å². The van der Waals surface area contributed by atoms with Crippen molar-refractivity contribution in [2.24, 2.45) is 0 Å². The molecule has 0 aliphatic carbocycles. The highest BCUT2D eigenvalue weighted by atomic mass is 16.6. The number of aromatic nitrogens is 1. The minimum Gasteiger partial charge on any atom is -0.500 e. The quantitative estimate of drug-likeness (QED) is 0.674. The second-order valence-electron chi connectivity index (χ2n) is 4.65. The Labute approximate surface area is 120 Å². The summed E-state index contributed by atoms with van der Waals surface area (Å²) in [5.41, 5.74) is -0.328. The van der Waals surface area contributed by atoms with Crippen molar-refractivity contribution < 1.29 is 14.8 Å². The topological polar surface area (TPSA) is 94.6 Å². The molecule has 1 aromatic carbocycles. The number of ether oxygens (including phenoxy) is 1. The van der Waals surface area contributed by atoms with E-state index in [9.17, 15) is 20.0 Å². The second kappa shape index (κ2) is 5.82. The van der Waals surface area contributed by atoms with Gasteiger partial charge in [0.1, 0.15) is 0 Å². The lowest BCUT2D eigenvalue weighted by Crippen LogP contribution is -2.21. The van der Waals surface area contributed by atoms with Gasteiger partial charge in [0.15, 0.2) is 5.75 Å². The zero-order valence-corrected chi connectivity index (χ0v) is 11.8. The molecule has 7 heteroatoms. The lowest BCUT2D eigenvalue weighted by atomic mass is 10.1. The molecule has 21 heavy (non-hydrogen) atoms. The van der Waals surface area contributed by atoms with Gasteiger partial charge in [0, 0.05) is 24.1 Å². The number of benzene rings is 1. The highest BCUT2D eigenvalue weighted by Gasteiger charge is 2.19. The summed E-state index contributed by atoms with van der Waals surface area (Å²) in [7, 11) is 1.34. The van der Waals surface area contributed by atoms with Gasteiger partial charge in [0.25, 0.3) is 11.2 Å². The number of hydrogen-bond acceptors (Lipinski definition) is 5. The number of fused-ring (bicyclic) bond motifs is 1. The Bertz CT molecular complexity index is 751. The summed E-state index contributed by atoms with van der Waals surface area (Å²) < 4.78 is 6.42. The van der Waals surface area contributed by atoms with Gasteiger partial charge in [0.05, 0.1) is 17.5 Å². The third-order valence-corrected chi connectivity index (χ3v) is 3.33. The van der Waals surface area contributed by atoms with E-state index in [0.29, 0.717) is 17.4 Å². The summed E-state index contributed by atoms with van der Waals surface area (Å²) in [5, 5.41) is 21.3. The van der Waals surface area contributed by atoms with Crippen LogP contribution < -0.4 is 10.3 Å². The monoisotopic (exact) mass is 292 g/mol. The Hall–Kier alpha value is -2.57. The number of methoxy groups -OCH3 is 1. The molecular formula is C14H16N2O5. The Morgan fingerprint density at radius 2 is 2.14 bits per heavy atom. The molecule has 0 amide bonds. The predicted octanol–water partition coefficient (Wildman–Crippen LogP) is 2.42. The van der Waals surface area contributed by atoms with E-state index in [0.717, 1.165) is 12.8 Å². The number of aryl methyl sites for hydroxylation is 1. The molecule has 0 bridgehead atoms. The smallest absolute Gasteiger partial charge is 0.297 e. The Kier molecular flexibility index (Phi) is 4.11. The number of unbranched alkanes of at least 4 members (excludes halogenated alkanes) is 1. The summed E-state index contributed by atoms with van der Waals surface area (Å²) in [5.74, 6) is -0.437.